The van der Waals surface area contributed by atoms with Gasteiger partial charge in [0.05, 0.1) is 6.04 Å². The summed E-state index contributed by atoms with van der Waals surface area (Å²) in [7, 11) is 0. The summed E-state index contributed by atoms with van der Waals surface area (Å²) in [5.74, 6) is 0.505. The Bertz CT molecular complexity index is 1140. The van der Waals surface area contributed by atoms with Crippen LogP contribution in [0.3, 0.4) is 0 Å². The van der Waals surface area contributed by atoms with Crippen molar-refractivity contribution in [3.05, 3.63) is 59.7 Å². The first-order valence-electron chi connectivity index (χ1n) is 14.0. The zero-order valence-electron chi connectivity index (χ0n) is 22.8. The highest BCUT2D eigenvalue weighted by Crippen LogP contribution is 2.33. The largest absolute Gasteiger partial charge is 0.377 e. The van der Waals surface area contributed by atoms with Crippen LogP contribution in [0, 0.1) is 11.8 Å². The number of fused-ring (bicyclic) bond motifs is 3. The number of amides is 1. The molecule has 3 atom stereocenters. The average Bonchev–Trinajstić information content (AvgIpc) is 2.88. The zero-order valence-corrected chi connectivity index (χ0v) is 22.8. The number of carbonyl (C=O) groups is 1. The van der Waals surface area contributed by atoms with Crippen LogP contribution in [0.2, 0.25) is 0 Å². The second-order valence-corrected chi connectivity index (χ2v) is 11.1. The highest BCUT2D eigenvalue weighted by Gasteiger charge is 2.25. The highest BCUT2D eigenvalue weighted by molar-refractivity contribution is 6.05. The molecule has 5 N–H and O–H groups in total. The maximum atomic E-state index is 13.1. The summed E-state index contributed by atoms with van der Waals surface area (Å²) in [5, 5.41) is 29.6. The third-order valence-electron chi connectivity index (χ3n) is 7.68. The van der Waals surface area contributed by atoms with Gasteiger partial charge in [0.15, 0.2) is 0 Å². The van der Waals surface area contributed by atoms with Gasteiger partial charge in [0, 0.05) is 25.7 Å². The molecule has 0 aromatic heterocycles. The van der Waals surface area contributed by atoms with Gasteiger partial charge in [0.25, 0.3) is 0 Å². The first-order chi connectivity index (χ1) is 17.9. The maximum Gasteiger partial charge on any atom is 0.237 e. The third kappa shape index (κ3) is 6.50. The van der Waals surface area contributed by atoms with E-state index in [0.717, 1.165) is 25.8 Å². The van der Waals surface area contributed by atoms with Crippen molar-refractivity contribution in [2.45, 2.75) is 78.4 Å². The third-order valence-corrected chi connectivity index (χ3v) is 7.68. The Morgan fingerprint density at radius 2 is 1.22 bits per heavy atom. The first-order valence-corrected chi connectivity index (χ1v) is 14.0. The fraction of sp³-hybridized carbons (Fsp3) is 0.516. The number of nitrogens with one attached hydrogen (secondary N) is 4. The molecule has 1 heterocycles. The van der Waals surface area contributed by atoms with Crippen molar-refractivity contribution in [3.63, 3.8) is 0 Å². The van der Waals surface area contributed by atoms with E-state index in [-0.39, 0.29) is 29.8 Å². The number of aliphatic hydroxyl groups is 1. The van der Waals surface area contributed by atoms with E-state index in [9.17, 15) is 9.90 Å². The summed E-state index contributed by atoms with van der Waals surface area (Å²) in [6, 6.07) is 16.8. The molecule has 0 aliphatic carbocycles. The fourth-order valence-electron chi connectivity index (χ4n) is 5.59. The van der Waals surface area contributed by atoms with Crippen LogP contribution in [-0.4, -0.2) is 42.4 Å². The van der Waals surface area contributed by atoms with Crippen molar-refractivity contribution in [3.8, 4) is 0 Å². The Morgan fingerprint density at radius 3 is 1.73 bits per heavy atom. The van der Waals surface area contributed by atoms with Crippen LogP contribution >= 0.6 is 0 Å². The summed E-state index contributed by atoms with van der Waals surface area (Å²) >= 11 is 0. The lowest BCUT2D eigenvalue weighted by atomic mass is 9.90. The Kier molecular flexibility index (Phi) is 9.54. The molecule has 37 heavy (non-hydrogen) atoms. The summed E-state index contributed by atoms with van der Waals surface area (Å²) in [4.78, 5) is 13.1. The van der Waals surface area contributed by atoms with E-state index in [2.05, 4.69) is 97.5 Å². The van der Waals surface area contributed by atoms with Crippen molar-refractivity contribution in [2.24, 2.45) is 11.8 Å². The van der Waals surface area contributed by atoms with Gasteiger partial charge in [-0.25, -0.2) is 0 Å². The molecule has 6 heteroatoms. The van der Waals surface area contributed by atoms with Gasteiger partial charge in [0.1, 0.15) is 6.23 Å². The quantitative estimate of drug-likeness (QED) is 0.334. The molecule has 0 saturated carbocycles. The number of hydrogen-bond donors (Lipinski definition) is 5. The predicted octanol–water partition coefficient (Wildman–Crippen LogP) is 4.43. The average molecular weight is 505 g/mol. The topological polar surface area (TPSA) is 85.4 Å². The van der Waals surface area contributed by atoms with Crippen molar-refractivity contribution in [1.29, 1.82) is 0 Å². The van der Waals surface area contributed by atoms with Crippen LogP contribution in [0.25, 0.3) is 21.5 Å². The Hall–Kier alpha value is -2.51. The maximum absolute atomic E-state index is 13.1. The van der Waals surface area contributed by atoms with E-state index in [4.69, 9.17) is 0 Å². The fourth-order valence-corrected chi connectivity index (χ4v) is 5.59. The summed E-state index contributed by atoms with van der Waals surface area (Å²) in [6.45, 7) is 11.2. The van der Waals surface area contributed by atoms with Crippen LogP contribution in [0.1, 0.15) is 58.1 Å². The van der Waals surface area contributed by atoms with Crippen molar-refractivity contribution in [1.82, 2.24) is 21.3 Å². The molecule has 0 spiro atoms. The highest BCUT2D eigenvalue weighted by atomic mass is 16.3. The predicted molar refractivity (Wildman–Crippen MR) is 153 cm³/mol. The molecule has 1 aliphatic heterocycles. The minimum absolute atomic E-state index is 0.0654. The zero-order chi connectivity index (χ0) is 26.4. The molecule has 4 rings (SSSR count). The lowest BCUT2D eigenvalue weighted by Gasteiger charge is -2.29. The van der Waals surface area contributed by atoms with E-state index < -0.39 is 6.23 Å². The van der Waals surface area contributed by atoms with Gasteiger partial charge in [-0.2, -0.15) is 0 Å². The first kappa shape index (κ1) is 27.5. The molecule has 1 unspecified atom stereocenters. The normalized spacial score (nSPS) is 23.2. The Morgan fingerprint density at radius 1 is 0.703 bits per heavy atom. The molecule has 1 amide bonds. The summed E-state index contributed by atoms with van der Waals surface area (Å²) < 4.78 is 0. The SMILES string of the molecule is CC(C)[C@@H]1NCc2c3ccccc3c(c3ccccc23)CN[C@@H](C(C)C)C(=O)NCCCCCNC1O. The van der Waals surface area contributed by atoms with E-state index >= 15 is 0 Å². The number of carbonyl (C=O) groups excluding carboxylic acids is 1. The molecule has 0 fully saturated rings. The van der Waals surface area contributed by atoms with Crippen molar-refractivity contribution < 1.29 is 9.90 Å². The van der Waals surface area contributed by atoms with Crippen LogP contribution in [-0.2, 0) is 17.9 Å². The molecule has 3 aromatic carbocycles. The van der Waals surface area contributed by atoms with Gasteiger partial charge < -0.3 is 21.1 Å². The Labute approximate surface area is 221 Å². The molecule has 0 saturated heterocycles. The standard InChI is InChI=1S/C31H44N4O2/c1-20(2)28-30(36)32-16-10-5-11-17-33-31(37)29(21(3)4)35-19-27-24-14-8-6-12-22(24)26(18-34-28)23-13-7-9-15-25(23)27/h6-9,12-15,20-21,28-30,32,34-36H,5,10-11,16-19H2,1-4H3,(H,33,37)/t28-,29-,30?/m0/s1. The molecular weight excluding hydrogens is 460 g/mol. The van der Waals surface area contributed by atoms with E-state index in [1.54, 1.807) is 0 Å². The minimum Gasteiger partial charge on any atom is -0.377 e. The van der Waals surface area contributed by atoms with Crippen molar-refractivity contribution in [2.75, 3.05) is 13.1 Å². The number of aliphatic hydroxyl groups excluding tert-OH is 1. The molecule has 2 bridgehead atoms. The van der Waals surface area contributed by atoms with Gasteiger partial charge in [-0.15, -0.1) is 0 Å². The molecule has 200 valence electrons. The second-order valence-electron chi connectivity index (χ2n) is 11.1. The smallest absolute Gasteiger partial charge is 0.237 e. The van der Waals surface area contributed by atoms with Crippen LogP contribution in [0.4, 0.5) is 0 Å². The van der Waals surface area contributed by atoms with Crippen molar-refractivity contribution >= 4 is 27.5 Å². The van der Waals surface area contributed by atoms with Crippen LogP contribution in [0.5, 0.6) is 0 Å². The van der Waals surface area contributed by atoms with Gasteiger partial charge in [-0.1, -0.05) is 82.6 Å². The van der Waals surface area contributed by atoms with E-state index in [0.29, 0.717) is 19.6 Å². The number of rotatable bonds is 2. The van der Waals surface area contributed by atoms with Crippen LogP contribution in [0.15, 0.2) is 48.5 Å². The van der Waals surface area contributed by atoms with Gasteiger partial charge in [-0.05, 0) is 63.9 Å². The lowest BCUT2D eigenvalue weighted by Crippen LogP contribution is -2.50. The van der Waals surface area contributed by atoms with Gasteiger partial charge in [-0.3, -0.25) is 10.1 Å². The monoisotopic (exact) mass is 504 g/mol. The summed E-state index contributed by atoms with van der Waals surface area (Å²) in [6.07, 6.45) is 2.26. The molecule has 0 radical (unpaired) electrons. The minimum atomic E-state index is -0.630. The van der Waals surface area contributed by atoms with Gasteiger partial charge in [0.2, 0.25) is 5.91 Å². The Balaban J connectivity index is 1.78. The molecule has 3 aromatic rings. The lowest BCUT2D eigenvalue weighted by molar-refractivity contribution is -0.124. The second kappa shape index (κ2) is 12.8. The molecule has 6 nitrogen and oxygen atoms in total. The van der Waals surface area contributed by atoms with E-state index in [1.165, 1.54) is 32.7 Å². The number of hydrogen-bond acceptors (Lipinski definition) is 5. The summed E-state index contributed by atoms with van der Waals surface area (Å²) in [5.41, 5.74) is 2.46. The number of benzene rings is 3. The van der Waals surface area contributed by atoms with Gasteiger partial charge >= 0.3 is 0 Å². The van der Waals surface area contributed by atoms with E-state index in [1.807, 2.05) is 0 Å². The molecular formula is C31H44N4O2. The molecule has 1 aliphatic rings. The van der Waals surface area contributed by atoms with Crippen LogP contribution < -0.4 is 21.3 Å².